The highest BCUT2D eigenvalue weighted by atomic mass is 16.7. The molecule has 0 radical (unpaired) electrons. The molecular weight excluding hydrogens is 300 g/mol. The van der Waals surface area contributed by atoms with Crippen molar-refractivity contribution < 1.29 is 28.4 Å². The molecule has 6 heteroatoms. The molecule has 0 saturated carbocycles. The van der Waals surface area contributed by atoms with Crippen molar-refractivity contribution in [2.24, 2.45) is 0 Å². The van der Waals surface area contributed by atoms with E-state index in [4.69, 9.17) is 28.4 Å². The van der Waals surface area contributed by atoms with Crippen LogP contribution in [0.5, 0.6) is 17.2 Å². The Labute approximate surface area is 137 Å². The zero-order chi connectivity index (χ0) is 16.5. The van der Waals surface area contributed by atoms with E-state index >= 15 is 0 Å². The summed E-state index contributed by atoms with van der Waals surface area (Å²) in [6, 6.07) is 5.55. The van der Waals surface area contributed by atoms with E-state index in [2.05, 4.69) is 0 Å². The predicted molar refractivity (Wildman–Crippen MR) is 85.4 cm³/mol. The van der Waals surface area contributed by atoms with Crippen molar-refractivity contribution in [2.75, 3.05) is 39.8 Å². The lowest BCUT2D eigenvalue weighted by molar-refractivity contribution is -0.0390. The summed E-state index contributed by atoms with van der Waals surface area (Å²) in [6.07, 6.45) is -0.130. The van der Waals surface area contributed by atoms with Gasteiger partial charge in [-0.3, -0.25) is 0 Å². The average molecular weight is 326 g/mol. The monoisotopic (exact) mass is 326 g/mol. The van der Waals surface area contributed by atoms with Crippen LogP contribution in [0.1, 0.15) is 20.8 Å². The lowest BCUT2D eigenvalue weighted by Crippen LogP contribution is -2.30. The zero-order valence-electron chi connectivity index (χ0n) is 14.1. The van der Waals surface area contributed by atoms with Crippen molar-refractivity contribution >= 4 is 0 Å². The molecular formula is C17H26O6. The van der Waals surface area contributed by atoms with Gasteiger partial charge < -0.3 is 28.4 Å². The van der Waals surface area contributed by atoms with Gasteiger partial charge in [-0.25, -0.2) is 0 Å². The van der Waals surface area contributed by atoms with Crippen LogP contribution < -0.4 is 14.2 Å². The quantitative estimate of drug-likeness (QED) is 0.583. The number of hydrogen-bond acceptors (Lipinski definition) is 6. The van der Waals surface area contributed by atoms with E-state index in [1.165, 1.54) is 0 Å². The third-order valence-electron chi connectivity index (χ3n) is 3.51. The van der Waals surface area contributed by atoms with Crippen LogP contribution in [-0.4, -0.2) is 52.0 Å². The Morgan fingerprint density at radius 1 is 0.957 bits per heavy atom. The fourth-order valence-corrected chi connectivity index (χ4v) is 2.05. The Bertz CT molecular complexity index is 464. The molecule has 1 aromatic carbocycles. The van der Waals surface area contributed by atoms with E-state index in [-0.39, 0.29) is 19.0 Å². The van der Waals surface area contributed by atoms with E-state index in [1.807, 2.05) is 39.0 Å². The molecule has 0 amide bonds. The number of fused-ring (bicyclic) bond motifs is 1. The summed E-state index contributed by atoms with van der Waals surface area (Å²) in [6.45, 7) is 9.19. The first-order chi connectivity index (χ1) is 11.2. The van der Waals surface area contributed by atoms with Crippen LogP contribution in [0.15, 0.2) is 18.2 Å². The van der Waals surface area contributed by atoms with Crippen LogP contribution >= 0.6 is 0 Å². The maximum absolute atomic E-state index is 5.89. The normalized spacial score (nSPS) is 15.4. The molecule has 2 rings (SSSR count). The molecule has 0 N–H and O–H groups in total. The molecule has 0 aliphatic carbocycles. The Hall–Kier alpha value is -1.50. The summed E-state index contributed by atoms with van der Waals surface area (Å²) in [5.41, 5.74) is 0. The van der Waals surface area contributed by atoms with Crippen LogP contribution in [0, 0.1) is 0 Å². The van der Waals surface area contributed by atoms with E-state index in [0.717, 1.165) is 11.5 Å². The molecule has 2 atom stereocenters. The smallest absolute Gasteiger partial charge is 0.231 e. The van der Waals surface area contributed by atoms with Crippen molar-refractivity contribution in [3.05, 3.63) is 18.2 Å². The van der Waals surface area contributed by atoms with Gasteiger partial charge in [0.15, 0.2) is 11.5 Å². The minimum absolute atomic E-state index is 0.0454. The van der Waals surface area contributed by atoms with Gasteiger partial charge in [-0.1, -0.05) is 0 Å². The van der Waals surface area contributed by atoms with Gasteiger partial charge in [-0.15, -0.1) is 0 Å². The average Bonchev–Trinajstić information content (AvgIpc) is 3.01. The molecule has 2 unspecified atom stereocenters. The summed E-state index contributed by atoms with van der Waals surface area (Å²) in [4.78, 5) is 0. The molecule has 130 valence electrons. The molecule has 0 spiro atoms. The van der Waals surface area contributed by atoms with Crippen LogP contribution in [0.25, 0.3) is 0 Å². The predicted octanol–water partition coefficient (Wildman–Crippen LogP) is 2.64. The van der Waals surface area contributed by atoms with Gasteiger partial charge in [0.2, 0.25) is 6.79 Å². The standard InChI is InChI=1S/C17H26O6/c1-4-18-7-8-19-9-10-20-13(2)14(3)23-15-5-6-16-17(11-15)22-12-21-16/h5-6,11,13-14H,4,7-10,12H2,1-3H3. The van der Waals surface area contributed by atoms with Crippen molar-refractivity contribution in [3.8, 4) is 17.2 Å². The van der Waals surface area contributed by atoms with Gasteiger partial charge in [0.05, 0.1) is 32.5 Å². The van der Waals surface area contributed by atoms with Gasteiger partial charge in [0, 0.05) is 12.7 Å². The van der Waals surface area contributed by atoms with Gasteiger partial charge in [-0.2, -0.15) is 0 Å². The van der Waals surface area contributed by atoms with Gasteiger partial charge in [0.25, 0.3) is 0 Å². The first kappa shape index (κ1) is 17.8. The molecule has 1 aromatic rings. The molecule has 1 aliphatic heterocycles. The number of hydrogen-bond donors (Lipinski definition) is 0. The molecule has 0 saturated heterocycles. The van der Waals surface area contributed by atoms with Crippen molar-refractivity contribution in [1.29, 1.82) is 0 Å². The second kappa shape index (κ2) is 9.60. The second-order valence-corrected chi connectivity index (χ2v) is 5.22. The summed E-state index contributed by atoms with van der Waals surface area (Å²) < 4.78 is 32.8. The summed E-state index contributed by atoms with van der Waals surface area (Å²) in [5.74, 6) is 2.20. The molecule has 0 fully saturated rings. The summed E-state index contributed by atoms with van der Waals surface area (Å²) >= 11 is 0. The molecule has 1 heterocycles. The van der Waals surface area contributed by atoms with Crippen LogP contribution in [0.4, 0.5) is 0 Å². The Morgan fingerprint density at radius 3 is 2.52 bits per heavy atom. The highest BCUT2D eigenvalue weighted by molar-refractivity contribution is 5.46. The molecule has 1 aliphatic rings. The lowest BCUT2D eigenvalue weighted by Gasteiger charge is -2.22. The van der Waals surface area contributed by atoms with Crippen molar-refractivity contribution in [1.82, 2.24) is 0 Å². The summed E-state index contributed by atoms with van der Waals surface area (Å²) in [7, 11) is 0. The summed E-state index contributed by atoms with van der Waals surface area (Å²) in [5, 5.41) is 0. The maximum atomic E-state index is 5.89. The number of rotatable bonds is 11. The minimum atomic E-state index is -0.0844. The van der Waals surface area contributed by atoms with Crippen LogP contribution in [0.2, 0.25) is 0 Å². The molecule has 0 bridgehead atoms. The second-order valence-electron chi connectivity index (χ2n) is 5.22. The SMILES string of the molecule is CCOCCOCCOC(C)C(C)Oc1ccc2c(c1)OCO2. The molecule has 6 nitrogen and oxygen atoms in total. The zero-order valence-corrected chi connectivity index (χ0v) is 14.1. The van der Waals surface area contributed by atoms with Crippen molar-refractivity contribution in [2.45, 2.75) is 33.0 Å². The van der Waals surface area contributed by atoms with Gasteiger partial charge in [-0.05, 0) is 32.9 Å². The van der Waals surface area contributed by atoms with Gasteiger partial charge in [0.1, 0.15) is 11.9 Å². The first-order valence-corrected chi connectivity index (χ1v) is 8.04. The number of ether oxygens (including phenoxy) is 6. The Kier molecular flexibility index (Phi) is 7.45. The van der Waals surface area contributed by atoms with E-state index in [1.54, 1.807) is 0 Å². The topological polar surface area (TPSA) is 55.4 Å². The first-order valence-electron chi connectivity index (χ1n) is 8.04. The Balaban J connectivity index is 1.63. The fraction of sp³-hybridized carbons (Fsp3) is 0.647. The van der Waals surface area contributed by atoms with Gasteiger partial charge >= 0.3 is 0 Å². The maximum Gasteiger partial charge on any atom is 0.231 e. The van der Waals surface area contributed by atoms with E-state index < -0.39 is 0 Å². The minimum Gasteiger partial charge on any atom is -0.488 e. The van der Waals surface area contributed by atoms with Crippen LogP contribution in [-0.2, 0) is 14.2 Å². The molecule has 0 aromatic heterocycles. The van der Waals surface area contributed by atoms with Crippen LogP contribution in [0.3, 0.4) is 0 Å². The Morgan fingerprint density at radius 2 is 1.70 bits per heavy atom. The third-order valence-corrected chi connectivity index (χ3v) is 3.51. The van der Waals surface area contributed by atoms with E-state index in [9.17, 15) is 0 Å². The van der Waals surface area contributed by atoms with Crippen molar-refractivity contribution in [3.63, 3.8) is 0 Å². The lowest BCUT2D eigenvalue weighted by atomic mass is 10.2. The largest absolute Gasteiger partial charge is 0.488 e. The third kappa shape index (κ3) is 5.89. The highest BCUT2D eigenvalue weighted by Gasteiger charge is 2.18. The molecule has 23 heavy (non-hydrogen) atoms. The number of benzene rings is 1. The van der Waals surface area contributed by atoms with E-state index in [0.29, 0.717) is 38.8 Å². The highest BCUT2D eigenvalue weighted by Crippen LogP contribution is 2.35. The fourth-order valence-electron chi connectivity index (χ4n) is 2.05.